The zero-order valence-electron chi connectivity index (χ0n) is 17.0. The molecule has 2 N–H and O–H groups in total. The molecule has 4 rings (SSSR count). The van der Waals surface area contributed by atoms with Gasteiger partial charge in [-0.25, -0.2) is 9.97 Å². The number of nitrogens with one attached hydrogen (secondary N) is 1. The maximum atomic E-state index is 13.1. The molecule has 3 aromatic rings. The van der Waals surface area contributed by atoms with Crippen LogP contribution in [0, 0.1) is 0 Å². The number of hydrogen-bond donors (Lipinski definition) is 2. The van der Waals surface area contributed by atoms with E-state index in [1.165, 1.54) is 17.0 Å². The summed E-state index contributed by atoms with van der Waals surface area (Å²) in [6, 6.07) is 9.14. The Hall–Kier alpha value is -3.66. The number of carboxylic acids is 1. The molecule has 1 aliphatic rings. The minimum Gasteiger partial charge on any atom is -0.480 e. The van der Waals surface area contributed by atoms with E-state index < -0.39 is 18.1 Å². The van der Waals surface area contributed by atoms with E-state index in [1.54, 1.807) is 0 Å². The number of aliphatic carboxylic acids is 1. The second-order valence-corrected chi connectivity index (χ2v) is 7.17. The molecule has 1 saturated heterocycles. The summed E-state index contributed by atoms with van der Waals surface area (Å²) >= 11 is 0. The quantitative estimate of drug-likeness (QED) is 0.585. The monoisotopic (exact) mass is 425 g/mol. The topological polar surface area (TPSA) is 123 Å². The van der Waals surface area contributed by atoms with Crippen LogP contribution in [0.2, 0.25) is 0 Å². The fourth-order valence-corrected chi connectivity index (χ4v) is 3.38. The normalized spacial score (nSPS) is 14.9. The van der Waals surface area contributed by atoms with Crippen LogP contribution in [0.3, 0.4) is 0 Å². The molecule has 0 radical (unpaired) electrons. The maximum absolute atomic E-state index is 13.1. The first-order chi connectivity index (χ1) is 15.0. The summed E-state index contributed by atoms with van der Waals surface area (Å²) in [6.07, 6.45) is 2.96. The van der Waals surface area contributed by atoms with Gasteiger partial charge in [-0.05, 0) is 19.1 Å². The van der Waals surface area contributed by atoms with Crippen molar-refractivity contribution in [3.05, 3.63) is 58.8 Å². The van der Waals surface area contributed by atoms with Crippen molar-refractivity contribution in [2.45, 2.75) is 19.5 Å². The van der Waals surface area contributed by atoms with Gasteiger partial charge in [0.15, 0.2) is 0 Å². The molecular formula is C21H23N5O5. The van der Waals surface area contributed by atoms with Crippen LogP contribution >= 0.6 is 0 Å². The number of aromatic nitrogens is 3. The molecule has 10 nitrogen and oxygen atoms in total. The fraction of sp³-hybridized carbons (Fsp3) is 0.333. The summed E-state index contributed by atoms with van der Waals surface area (Å²) in [5, 5.41) is 12.4. The van der Waals surface area contributed by atoms with E-state index in [4.69, 9.17) is 9.15 Å². The van der Waals surface area contributed by atoms with Crippen molar-refractivity contribution >= 4 is 17.6 Å². The Morgan fingerprint density at radius 2 is 2.00 bits per heavy atom. The highest BCUT2D eigenvalue weighted by atomic mass is 16.5. The highest BCUT2D eigenvalue weighted by Gasteiger charge is 2.21. The van der Waals surface area contributed by atoms with Gasteiger partial charge in [0.1, 0.15) is 24.2 Å². The molecule has 10 heteroatoms. The molecule has 3 heterocycles. The summed E-state index contributed by atoms with van der Waals surface area (Å²) in [7, 11) is 0. The Bertz CT molecular complexity index is 1100. The molecule has 1 aromatic carbocycles. The van der Waals surface area contributed by atoms with Crippen molar-refractivity contribution in [1.82, 2.24) is 14.5 Å². The van der Waals surface area contributed by atoms with Crippen LogP contribution in [0.1, 0.15) is 18.7 Å². The molecule has 1 aliphatic heterocycles. The van der Waals surface area contributed by atoms with Crippen molar-refractivity contribution in [3.8, 4) is 11.5 Å². The van der Waals surface area contributed by atoms with E-state index >= 15 is 0 Å². The van der Waals surface area contributed by atoms with E-state index in [0.717, 1.165) is 5.56 Å². The molecule has 0 bridgehead atoms. The molecule has 0 aliphatic carbocycles. The molecule has 0 saturated carbocycles. The Kier molecular flexibility index (Phi) is 5.99. The molecule has 0 amide bonds. The van der Waals surface area contributed by atoms with Crippen LogP contribution in [0.4, 0.5) is 11.6 Å². The number of carbonyl (C=O) groups is 1. The van der Waals surface area contributed by atoms with Crippen molar-refractivity contribution in [3.63, 3.8) is 0 Å². The van der Waals surface area contributed by atoms with Crippen LogP contribution in [-0.4, -0.2) is 51.9 Å². The van der Waals surface area contributed by atoms with Gasteiger partial charge >= 0.3 is 5.97 Å². The molecular weight excluding hydrogens is 402 g/mol. The van der Waals surface area contributed by atoms with Crippen LogP contribution < -0.4 is 15.8 Å². The summed E-state index contributed by atoms with van der Waals surface area (Å²) < 4.78 is 12.1. The molecule has 0 unspecified atom stereocenters. The van der Waals surface area contributed by atoms with Gasteiger partial charge in [-0.3, -0.25) is 14.2 Å². The van der Waals surface area contributed by atoms with E-state index in [9.17, 15) is 14.7 Å². The standard InChI is InChI=1S/C21H23N5O5/c1-14(17-13-31-19(24-17)15-5-3-2-4-6-15)23-16-11-22-21(25-7-9-30-10-8-25)26(20(16)29)12-18(27)28/h2-6,11,13-14,23H,7-10,12H2,1H3,(H,27,28)/t14-/m1/s1. The van der Waals surface area contributed by atoms with E-state index in [2.05, 4.69) is 15.3 Å². The lowest BCUT2D eigenvalue weighted by atomic mass is 10.2. The molecule has 1 atom stereocenters. The van der Waals surface area contributed by atoms with Crippen LogP contribution in [0.15, 0.2) is 52.0 Å². The molecule has 2 aromatic heterocycles. The number of morpholine rings is 1. The average Bonchev–Trinajstić information content (AvgIpc) is 3.28. The minimum absolute atomic E-state index is 0.190. The molecule has 162 valence electrons. The van der Waals surface area contributed by atoms with Gasteiger partial charge in [0, 0.05) is 18.7 Å². The molecule has 1 fully saturated rings. The first-order valence-corrected chi connectivity index (χ1v) is 9.94. The Morgan fingerprint density at radius 3 is 2.71 bits per heavy atom. The second kappa shape index (κ2) is 9.00. The van der Waals surface area contributed by atoms with Gasteiger partial charge in [0.05, 0.1) is 25.5 Å². The third kappa shape index (κ3) is 4.58. The lowest BCUT2D eigenvalue weighted by Gasteiger charge is -2.29. The van der Waals surface area contributed by atoms with Crippen molar-refractivity contribution in [2.24, 2.45) is 0 Å². The third-order valence-corrected chi connectivity index (χ3v) is 4.97. The van der Waals surface area contributed by atoms with Gasteiger partial charge in [-0.2, -0.15) is 0 Å². The predicted molar refractivity (Wildman–Crippen MR) is 113 cm³/mol. The minimum atomic E-state index is -1.12. The van der Waals surface area contributed by atoms with Gasteiger partial charge in [-0.1, -0.05) is 18.2 Å². The van der Waals surface area contributed by atoms with Gasteiger partial charge in [-0.15, -0.1) is 0 Å². The summed E-state index contributed by atoms with van der Waals surface area (Å²) in [4.78, 5) is 35.2. The number of anilines is 2. The van der Waals surface area contributed by atoms with E-state index in [0.29, 0.717) is 43.8 Å². The smallest absolute Gasteiger partial charge is 0.323 e. The SMILES string of the molecule is C[C@@H](Nc1cnc(N2CCOCC2)n(CC(=O)O)c1=O)c1coc(-c2ccccc2)n1. The lowest BCUT2D eigenvalue weighted by Crippen LogP contribution is -2.41. The lowest BCUT2D eigenvalue weighted by molar-refractivity contribution is -0.137. The van der Waals surface area contributed by atoms with Gasteiger partial charge < -0.3 is 24.5 Å². The Labute approximate surface area is 178 Å². The summed E-state index contributed by atoms with van der Waals surface area (Å²) in [6.45, 7) is 3.42. The van der Waals surface area contributed by atoms with Crippen LogP contribution in [0.25, 0.3) is 11.5 Å². The molecule has 31 heavy (non-hydrogen) atoms. The largest absolute Gasteiger partial charge is 0.480 e. The number of oxazole rings is 1. The number of rotatable bonds is 7. The molecule has 0 spiro atoms. The Morgan fingerprint density at radius 1 is 1.26 bits per heavy atom. The maximum Gasteiger partial charge on any atom is 0.323 e. The number of nitrogens with zero attached hydrogens (tertiary/aromatic N) is 4. The van der Waals surface area contributed by atoms with Crippen LogP contribution in [-0.2, 0) is 16.1 Å². The van der Waals surface area contributed by atoms with Crippen LogP contribution in [0.5, 0.6) is 0 Å². The predicted octanol–water partition coefficient (Wildman–Crippen LogP) is 1.99. The summed E-state index contributed by atoms with van der Waals surface area (Å²) in [5.41, 5.74) is 1.19. The average molecular weight is 425 g/mol. The number of ether oxygens (including phenoxy) is 1. The highest BCUT2D eigenvalue weighted by molar-refractivity contribution is 5.67. The first kappa shape index (κ1) is 20.6. The zero-order valence-corrected chi connectivity index (χ0v) is 17.0. The van der Waals surface area contributed by atoms with Crippen molar-refractivity contribution < 1.29 is 19.1 Å². The second-order valence-electron chi connectivity index (χ2n) is 7.17. The summed E-state index contributed by atoms with van der Waals surface area (Å²) in [5.74, 6) is -0.317. The highest BCUT2D eigenvalue weighted by Crippen LogP contribution is 2.23. The fourth-order valence-electron chi connectivity index (χ4n) is 3.38. The zero-order chi connectivity index (χ0) is 21.8. The Balaban J connectivity index is 1.58. The van der Waals surface area contributed by atoms with Gasteiger partial charge in [0.2, 0.25) is 11.8 Å². The third-order valence-electron chi connectivity index (χ3n) is 4.97. The van der Waals surface area contributed by atoms with Gasteiger partial charge in [0.25, 0.3) is 5.56 Å². The van der Waals surface area contributed by atoms with Crippen molar-refractivity contribution in [2.75, 3.05) is 36.5 Å². The van der Waals surface area contributed by atoms with E-state index in [1.807, 2.05) is 42.2 Å². The van der Waals surface area contributed by atoms with E-state index in [-0.39, 0.29) is 11.7 Å². The number of hydrogen-bond acceptors (Lipinski definition) is 8. The first-order valence-electron chi connectivity index (χ1n) is 9.94. The number of carboxylic acid groups (broad SMARTS) is 1. The number of benzene rings is 1. The van der Waals surface area contributed by atoms with Crippen molar-refractivity contribution in [1.29, 1.82) is 0 Å².